The standard InChI is InChI=1S/C14H12ClNOS2/c1-18-14(9-12(17)13-7-4-8-19-13)16-11-6-3-2-5-10(11)15/h2-9,16H,1H3/b14-9+. The molecule has 5 heteroatoms. The van der Waals surface area contributed by atoms with Gasteiger partial charge >= 0.3 is 0 Å². The molecule has 1 aromatic carbocycles. The number of thioether (sulfide) groups is 1. The Kier molecular flexibility index (Phi) is 5.07. The van der Waals surface area contributed by atoms with Crippen LogP contribution in [0.5, 0.6) is 0 Å². The first-order chi connectivity index (χ1) is 9.20. The molecule has 0 bridgehead atoms. The molecule has 0 spiro atoms. The van der Waals surface area contributed by atoms with Gasteiger partial charge in [-0.3, -0.25) is 4.79 Å². The SMILES string of the molecule is CS/C(=C/C(=O)c1cccs1)Nc1ccccc1Cl. The third kappa shape index (κ3) is 3.86. The molecule has 0 radical (unpaired) electrons. The normalized spacial score (nSPS) is 11.4. The lowest BCUT2D eigenvalue weighted by atomic mass is 10.3. The predicted molar refractivity (Wildman–Crippen MR) is 85.3 cm³/mol. The molecule has 0 unspecified atom stereocenters. The zero-order valence-electron chi connectivity index (χ0n) is 10.2. The van der Waals surface area contributed by atoms with Crippen molar-refractivity contribution in [1.82, 2.24) is 0 Å². The molecule has 0 saturated carbocycles. The molecule has 0 atom stereocenters. The van der Waals surface area contributed by atoms with Crippen LogP contribution in [0.3, 0.4) is 0 Å². The van der Waals surface area contributed by atoms with Gasteiger partial charge in [-0.05, 0) is 29.8 Å². The molecule has 1 N–H and O–H groups in total. The number of carbonyl (C=O) groups excluding carboxylic acids is 1. The van der Waals surface area contributed by atoms with Gasteiger partial charge in [0.25, 0.3) is 0 Å². The molecule has 0 aliphatic carbocycles. The number of anilines is 1. The Morgan fingerprint density at radius 2 is 2.11 bits per heavy atom. The Morgan fingerprint density at radius 3 is 2.74 bits per heavy atom. The summed E-state index contributed by atoms with van der Waals surface area (Å²) in [6.07, 6.45) is 3.51. The van der Waals surface area contributed by atoms with Crippen molar-refractivity contribution in [2.45, 2.75) is 0 Å². The minimum absolute atomic E-state index is 0.00102. The summed E-state index contributed by atoms with van der Waals surface area (Å²) in [6, 6.07) is 11.1. The summed E-state index contributed by atoms with van der Waals surface area (Å²) in [5, 5.41) is 6.46. The van der Waals surface area contributed by atoms with Gasteiger partial charge < -0.3 is 5.32 Å². The van der Waals surface area contributed by atoms with E-state index >= 15 is 0 Å². The number of carbonyl (C=O) groups is 1. The molecule has 0 aliphatic heterocycles. The highest BCUT2D eigenvalue weighted by Gasteiger charge is 2.07. The molecular formula is C14H12ClNOS2. The number of benzene rings is 1. The van der Waals surface area contributed by atoms with Gasteiger partial charge in [-0.25, -0.2) is 0 Å². The van der Waals surface area contributed by atoms with Gasteiger partial charge in [-0.1, -0.05) is 29.8 Å². The first-order valence-corrected chi connectivity index (χ1v) is 8.04. The van der Waals surface area contributed by atoms with E-state index in [-0.39, 0.29) is 5.78 Å². The molecule has 2 rings (SSSR count). The number of halogens is 1. The van der Waals surface area contributed by atoms with E-state index in [2.05, 4.69) is 5.32 Å². The molecule has 2 aromatic rings. The van der Waals surface area contributed by atoms with Crippen LogP contribution < -0.4 is 5.32 Å². The maximum absolute atomic E-state index is 12.0. The fourth-order valence-corrected chi connectivity index (χ4v) is 2.71. The van der Waals surface area contributed by atoms with Crippen molar-refractivity contribution < 1.29 is 4.79 Å². The lowest BCUT2D eigenvalue weighted by Crippen LogP contribution is -2.00. The third-order valence-electron chi connectivity index (χ3n) is 2.38. The summed E-state index contributed by atoms with van der Waals surface area (Å²) in [7, 11) is 0. The zero-order valence-corrected chi connectivity index (χ0v) is 12.6. The van der Waals surface area contributed by atoms with Gasteiger partial charge in [0.1, 0.15) is 0 Å². The number of hydrogen-bond acceptors (Lipinski definition) is 4. The largest absolute Gasteiger partial charge is 0.349 e. The molecule has 1 aromatic heterocycles. The van der Waals surface area contributed by atoms with Gasteiger partial charge in [0, 0.05) is 6.08 Å². The van der Waals surface area contributed by atoms with E-state index in [4.69, 9.17) is 11.6 Å². The van der Waals surface area contributed by atoms with Crippen molar-refractivity contribution in [3.63, 3.8) is 0 Å². The van der Waals surface area contributed by atoms with E-state index in [1.165, 1.54) is 23.1 Å². The highest BCUT2D eigenvalue weighted by molar-refractivity contribution is 8.02. The molecule has 0 aliphatic rings. The lowest BCUT2D eigenvalue weighted by molar-refractivity contribution is 0.105. The van der Waals surface area contributed by atoms with Crippen LogP contribution in [0, 0.1) is 0 Å². The number of allylic oxidation sites excluding steroid dienone is 1. The summed E-state index contributed by atoms with van der Waals surface area (Å²) in [5.74, 6) is -0.00102. The van der Waals surface area contributed by atoms with E-state index in [1.807, 2.05) is 48.0 Å². The number of thiophene rings is 1. The Morgan fingerprint density at radius 1 is 1.32 bits per heavy atom. The average molecular weight is 310 g/mol. The maximum Gasteiger partial charge on any atom is 0.198 e. The third-order valence-corrected chi connectivity index (χ3v) is 4.25. The van der Waals surface area contributed by atoms with E-state index < -0.39 is 0 Å². The van der Waals surface area contributed by atoms with Gasteiger partial charge in [0.15, 0.2) is 5.78 Å². The molecule has 0 amide bonds. The number of rotatable bonds is 5. The predicted octanol–water partition coefficient (Wildman–Crippen LogP) is 4.90. The highest BCUT2D eigenvalue weighted by atomic mass is 35.5. The molecule has 2 nitrogen and oxygen atoms in total. The average Bonchev–Trinajstić information content (AvgIpc) is 2.94. The van der Waals surface area contributed by atoms with Crippen LogP contribution in [-0.4, -0.2) is 12.0 Å². The van der Waals surface area contributed by atoms with Crippen LogP contribution in [0.1, 0.15) is 9.67 Å². The Balaban J connectivity index is 2.17. The summed E-state index contributed by atoms with van der Waals surface area (Å²) in [4.78, 5) is 12.7. The fourth-order valence-electron chi connectivity index (χ4n) is 1.45. The second-order valence-electron chi connectivity index (χ2n) is 3.66. The Bertz CT molecular complexity index is 593. The van der Waals surface area contributed by atoms with Gasteiger partial charge in [0.05, 0.1) is 20.6 Å². The zero-order chi connectivity index (χ0) is 13.7. The quantitative estimate of drug-likeness (QED) is 0.629. The molecule has 98 valence electrons. The Hall–Kier alpha value is -1.23. The minimum atomic E-state index is -0.00102. The number of para-hydroxylation sites is 1. The first-order valence-electron chi connectivity index (χ1n) is 5.56. The van der Waals surface area contributed by atoms with Crippen molar-refractivity contribution in [1.29, 1.82) is 0 Å². The lowest BCUT2D eigenvalue weighted by Gasteiger charge is -2.09. The maximum atomic E-state index is 12.0. The van der Waals surface area contributed by atoms with Gasteiger partial charge in [-0.15, -0.1) is 23.1 Å². The smallest absolute Gasteiger partial charge is 0.198 e. The summed E-state index contributed by atoms with van der Waals surface area (Å²) in [6.45, 7) is 0. The second-order valence-corrected chi connectivity index (χ2v) is 5.86. The minimum Gasteiger partial charge on any atom is -0.349 e. The number of nitrogens with one attached hydrogen (secondary N) is 1. The first kappa shape index (κ1) is 14.2. The fraction of sp³-hybridized carbons (Fsp3) is 0.0714. The molecule has 19 heavy (non-hydrogen) atoms. The van der Waals surface area contributed by atoms with Crippen molar-refractivity contribution >= 4 is 46.2 Å². The summed E-state index contributed by atoms with van der Waals surface area (Å²) >= 11 is 8.99. The molecule has 0 saturated heterocycles. The highest BCUT2D eigenvalue weighted by Crippen LogP contribution is 2.25. The van der Waals surface area contributed by atoms with E-state index in [9.17, 15) is 4.79 Å². The monoisotopic (exact) mass is 309 g/mol. The van der Waals surface area contributed by atoms with E-state index in [0.717, 1.165) is 15.6 Å². The van der Waals surface area contributed by atoms with Crippen molar-refractivity contribution in [3.8, 4) is 0 Å². The summed E-state index contributed by atoms with van der Waals surface area (Å²) in [5.41, 5.74) is 0.795. The van der Waals surface area contributed by atoms with Crippen LogP contribution in [0.4, 0.5) is 5.69 Å². The van der Waals surface area contributed by atoms with Crippen molar-refractivity contribution in [2.24, 2.45) is 0 Å². The number of hydrogen-bond donors (Lipinski definition) is 1. The van der Waals surface area contributed by atoms with Gasteiger partial charge in [0.2, 0.25) is 0 Å². The van der Waals surface area contributed by atoms with Crippen LogP contribution in [0.2, 0.25) is 5.02 Å². The van der Waals surface area contributed by atoms with Crippen LogP contribution >= 0.6 is 34.7 Å². The van der Waals surface area contributed by atoms with Crippen LogP contribution in [0.25, 0.3) is 0 Å². The van der Waals surface area contributed by atoms with Crippen molar-refractivity contribution in [2.75, 3.05) is 11.6 Å². The van der Waals surface area contributed by atoms with Crippen LogP contribution in [0.15, 0.2) is 52.9 Å². The van der Waals surface area contributed by atoms with E-state index in [1.54, 1.807) is 6.08 Å². The van der Waals surface area contributed by atoms with Gasteiger partial charge in [-0.2, -0.15) is 0 Å². The summed E-state index contributed by atoms with van der Waals surface area (Å²) < 4.78 is 0. The molecule has 0 fully saturated rings. The topological polar surface area (TPSA) is 29.1 Å². The Labute approximate surface area is 125 Å². The molecular weight excluding hydrogens is 298 g/mol. The molecule has 1 heterocycles. The van der Waals surface area contributed by atoms with Crippen LogP contribution in [-0.2, 0) is 0 Å². The van der Waals surface area contributed by atoms with E-state index in [0.29, 0.717) is 5.02 Å². The van der Waals surface area contributed by atoms with Crippen molar-refractivity contribution in [3.05, 3.63) is 62.8 Å². The second kappa shape index (κ2) is 6.80. The number of ketones is 1.